The van der Waals surface area contributed by atoms with Gasteiger partial charge in [0.2, 0.25) is 0 Å². The van der Waals surface area contributed by atoms with Crippen molar-refractivity contribution >= 4 is 0 Å². The summed E-state index contributed by atoms with van der Waals surface area (Å²) in [6.45, 7) is 12.1. The van der Waals surface area contributed by atoms with Crippen molar-refractivity contribution in [3.05, 3.63) is 12.7 Å². The van der Waals surface area contributed by atoms with Crippen LogP contribution in [0.1, 0.15) is 33.6 Å². The minimum absolute atomic E-state index is 0.0660. The Morgan fingerprint density at radius 1 is 1.50 bits per heavy atom. The minimum Gasteiger partial charge on any atom is -0.378 e. The third-order valence-corrected chi connectivity index (χ3v) is 3.20. The largest absolute Gasteiger partial charge is 0.378 e. The average molecular weight is 228 g/mol. The fourth-order valence-electron chi connectivity index (χ4n) is 1.93. The van der Waals surface area contributed by atoms with Crippen LogP contribution < -0.4 is 0 Å². The molecule has 1 rings (SSSR count). The third kappa shape index (κ3) is 3.30. The van der Waals surface area contributed by atoms with Crippen LogP contribution in [0.15, 0.2) is 12.7 Å². The molecule has 3 heteroatoms. The first-order chi connectivity index (χ1) is 7.64. The molecule has 1 saturated heterocycles. The van der Waals surface area contributed by atoms with Gasteiger partial charge in [0.1, 0.15) is 0 Å². The predicted octanol–water partition coefficient (Wildman–Crippen LogP) is 2.76. The van der Waals surface area contributed by atoms with Crippen LogP contribution in [0.3, 0.4) is 0 Å². The molecular formula is C13H24O3. The molecule has 1 unspecified atom stereocenters. The maximum atomic E-state index is 5.81. The maximum absolute atomic E-state index is 5.81. The van der Waals surface area contributed by atoms with Gasteiger partial charge in [0.25, 0.3) is 0 Å². The molecule has 1 atom stereocenters. The predicted molar refractivity (Wildman–Crippen MR) is 64.3 cm³/mol. The zero-order chi connectivity index (χ0) is 12.0. The van der Waals surface area contributed by atoms with Gasteiger partial charge in [0.05, 0.1) is 19.3 Å². The van der Waals surface area contributed by atoms with Gasteiger partial charge in [-0.2, -0.15) is 0 Å². The molecule has 0 aliphatic carbocycles. The van der Waals surface area contributed by atoms with Crippen LogP contribution in [0.25, 0.3) is 0 Å². The molecule has 3 nitrogen and oxygen atoms in total. The van der Waals surface area contributed by atoms with Crippen LogP contribution in [-0.2, 0) is 14.2 Å². The lowest BCUT2D eigenvalue weighted by Gasteiger charge is -2.42. The summed E-state index contributed by atoms with van der Waals surface area (Å²) in [6, 6.07) is 0. The van der Waals surface area contributed by atoms with E-state index in [2.05, 4.69) is 20.4 Å². The number of rotatable bonds is 6. The number of allylic oxidation sites excluding steroid dienone is 1. The highest BCUT2D eigenvalue weighted by molar-refractivity contribution is 4.92. The highest BCUT2D eigenvalue weighted by Crippen LogP contribution is 2.34. The Balaban J connectivity index is 2.60. The molecule has 0 aromatic carbocycles. The van der Waals surface area contributed by atoms with Gasteiger partial charge in [0, 0.05) is 12.0 Å². The fourth-order valence-corrected chi connectivity index (χ4v) is 1.93. The molecule has 1 aliphatic heterocycles. The Morgan fingerprint density at radius 2 is 2.12 bits per heavy atom. The fraction of sp³-hybridized carbons (Fsp3) is 0.846. The van der Waals surface area contributed by atoms with Crippen LogP contribution in [-0.4, -0.2) is 32.2 Å². The van der Waals surface area contributed by atoms with Gasteiger partial charge < -0.3 is 14.2 Å². The SMILES string of the molecule is C=CCC1(C(C)OCCC)COC(C)OC1. The Morgan fingerprint density at radius 3 is 2.62 bits per heavy atom. The smallest absolute Gasteiger partial charge is 0.154 e. The van der Waals surface area contributed by atoms with Crippen LogP contribution in [0.2, 0.25) is 0 Å². The van der Waals surface area contributed by atoms with Gasteiger partial charge in [-0.15, -0.1) is 6.58 Å². The molecule has 0 bridgehead atoms. The normalized spacial score (nSPS) is 32.3. The molecular weight excluding hydrogens is 204 g/mol. The van der Waals surface area contributed by atoms with Crippen molar-refractivity contribution in [1.82, 2.24) is 0 Å². The van der Waals surface area contributed by atoms with Crippen molar-refractivity contribution < 1.29 is 14.2 Å². The third-order valence-electron chi connectivity index (χ3n) is 3.20. The molecule has 1 heterocycles. The van der Waals surface area contributed by atoms with Crippen LogP contribution in [0.5, 0.6) is 0 Å². The van der Waals surface area contributed by atoms with Gasteiger partial charge in [0.15, 0.2) is 6.29 Å². The second-order valence-electron chi connectivity index (χ2n) is 4.56. The molecule has 1 fully saturated rings. The van der Waals surface area contributed by atoms with Crippen molar-refractivity contribution in [3.8, 4) is 0 Å². The van der Waals surface area contributed by atoms with Crippen molar-refractivity contribution in [2.24, 2.45) is 5.41 Å². The number of hydrogen-bond donors (Lipinski definition) is 0. The van der Waals surface area contributed by atoms with E-state index in [0.29, 0.717) is 13.2 Å². The summed E-state index contributed by atoms with van der Waals surface area (Å²) < 4.78 is 17.0. The Kier molecular flexibility index (Phi) is 5.46. The van der Waals surface area contributed by atoms with E-state index in [-0.39, 0.29) is 17.8 Å². The highest BCUT2D eigenvalue weighted by atomic mass is 16.7. The Bertz CT molecular complexity index is 207. The zero-order valence-electron chi connectivity index (χ0n) is 10.7. The zero-order valence-corrected chi connectivity index (χ0v) is 10.7. The van der Waals surface area contributed by atoms with Gasteiger partial charge in [-0.3, -0.25) is 0 Å². The lowest BCUT2D eigenvalue weighted by molar-refractivity contribution is -0.244. The molecule has 0 spiro atoms. The van der Waals surface area contributed by atoms with E-state index in [0.717, 1.165) is 19.4 Å². The molecule has 0 N–H and O–H groups in total. The molecule has 16 heavy (non-hydrogen) atoms. The lowest BCUT2D eigenvalue weighted by Crippen LogP contribution is -2.48. The summed E-state index contributed by atoms with van der Waals surface area (Å²) >= 11 is 0. The Labute approximate surface area is 98.8 Å². The molecule has 0 saturated carbocycles. The van der Waals surface area contributed by atoms with Crippen molar-refractivity contribution in [3.63, 3.8) is 0 Å². The monoisotopic (exact) mass is 228 g/mol. The van der Waals surface area contributed by atoms with E-state index >= 15 is 0 Å². The van der Waals surface area contributed by atoms with Gasteiger partial charge in [-0.25, -0.2) is 0 Å². The second-order valence-corrected chi connectivity index (χ2v) is 4.56. The van der Waals surface area contributed by atoms with E-state index in [9.17, 15) is 0 Å². The van der Waals surface area contributed by atoms with Gasteiger partial charge in [-0.05, 0) is 26.7 Å². The molecule has 0 radical (unpaired) electrons. The number of hydrogen-bond acceptors (Lipinski definition) is 3. The summed E-state index contributed by atoms with van der Waals surface area (Å²) in [5.41, 5.74) is -0.0660. The molecule has 0 aromatic rings. The van der Waals surface area contributed by atoms with Crippen molar-refractivity contribution in [1.29, 1.82) is 0 Å². The van der Waals surface area contributed by atoms with E-state index < -0.39 is 0 Å². The van der Waals surface area contributed by atoms with Crippen LogP contribution in [0, 0.1) is 5.41 Å². The first kappa shape index (κ1) is 13.7. The quantitative estimate of drug-likeness (QED) is 0.654. The molecule has 1 aliphatic rings. The van der Waals surface area contributed by atoms with Gasteiger partial charge >= 0.3 is 0 Å². The van der Waals surface area contributed by atoms with E-state index in [4.69, 9.17) is 14.2 Å². The maximum Gasteiger partial charge on any atom is 0.154 e. The lowest BCUT2D eigenvalue weighted by atomic mass is 9.80. The Hall–Kier alpha value is -0.380. The first-order valence-electron chi connectivity index (χ1n) is 6.10. The first-order valence-corrected chi connectivity index (χ1v) is 6.10. The molecule has 0 amide bonds. The van der Waals surface area contributed by atoms with Crippen molar-refractivity contribution in [2.45, 2.75) is 46.0 Å². The second kappa shape index (κ2) is 6.38. The summed E-state index contributed by atoms with van der Waals surface area (Å²) in [5, 5.41) is 0. The topological polar surface area (TPSA) is 27.7 Å². The van der Waals surface area contributed by atoms with Gasteiger partial charge in [-0.1, -0.05) is 13.0 Å². The van der Waals surface area contributed by atoms with E-state index in [1.54, 1.807) is 0 Å². The van der Waals surface area contributed by atoms with Crippen LogP contribution >= 0.6 is 0 Å². The summed E-state index contributed by atoms with van der Waals surface area (Å²) in [4.78, 5) is 0. The highest BCUT2D eigenvalue weighted by Gasteiger charge is 2.40. The average Bonchev–Trinajstić information content (AvgIpc) is 2.29. The summed E-state index contributed by atoms with van der Waals surface area (Å²) in [7, 11) is 0. The van der Waals surface area contributed by atoms with E-state index in [1.807, 2.05) is 13.0 Å². The number of ether oxygens (including phenoxy) is 3. The van der Waals surface area contributed by atoms with Crippen molar-refractivity contribution in [2.75, 3.05) is 19.8 Å². The molecule has 0 aromatic heterocycles. The minimum atomic E-state index is -0.101. The standard InChI is InChI=1S/C13H24O3/c1-5-7-13(11(3)14-8-6-2)9-15-12(4)16-10-13/h5,11-12H,1,6-10H2,2-4H3. The van der Waals surface area contributed by atoms with E-state index in [1.165, 1.54) is 0 Å². The summed E-state index contributed by atoms with van der Waals surface area (Å²) in [5.74, 6) is 0. The molecule has 94 valence electrons. The summed E-state index contributed by atoms with van der Waals surface area (Å²) in [6.07, 6.45) is 3.86. The van der Waals surface area contributed by atoms with Crippen LogP contribution in [0.4, 0.5) is 0 Å².